The van der Waals surface area contributed by atoms with Crippen molar-refractivity contribution >= 4 is 19.8 Å². The molecule has 0 aromatic rings. The van der Waals surface area contributed by atoms with Crippen molar-refractivity contribution in [3.8, 4) is 0 Å². The summed E-state index contributed by atoms with van der Waals surface area (Å²) in [5.74, 6) is -0.876. The first-order valence-corrected chi connectivity index (χ1v) is 19.9. The summed E-state index contributed by atoms with van der Waals surface area (Å²) in [4.78, 5) is 42.5. The number of ether oxygens (including phenoxy) is 2. The molecule has 0 aliphatic heterocycles. The van der Waals surface area contributed by atoms with E-state index in [9.17, 15) is 14.2 Å². The maximum atomic E-state index is 12.3. The van der Waals surface area contributed by atoms with E-state index in [-0.39, 0.29) is 19.4 Å². The fourth-order valence-corrected chi connectivity index (χ4v) is 5.73. The van der Waals surface area contributed by atoms with Crippen LogP contribution in [0, 0.1) is 0 Å². The number of phosphoric acid groups is 1. The molecule has 0 aromatic heterocycles. The van der Waals surface area contributed by atoms with Crippen LogP contribution in [0.15, 0.2) is 0 Å². The third-order valence-electron chi connectivity index (χ3n) is 8.13. The molecule has 0 saturated heterocycles. The predicted octanol–water partition coefficient (Wildman–Crippen LogP) is 10.5. The van der Waals surface area contributed by atoms with Gasteiger partial charge in [0.2, 0.25) is 0 Å². The van der Waals surface area contributed by atoms with Crippen molar-refractivity contribution in [1.82, 2.24) is 0 Å². The van der Waals surface area contributed by atoms with Crippen LogP contribution in [0.1, 0.15) is 194 Å². The molecule has 0 amide bonds. The van der Waals surface area contributed by atoms with Gasteiger partial charge in [-0.15, -0.1) is 0 Å². The van der Waals surface area contributed by atoms with Crippen LogP contribution >= 0.6 is 7.82 Å². The number of esters is 2. The van der Waals surface area contributed by atoms with E-state index in [1.807, 2.05) is 0 Å². The quantitative estimate of drug-likeness (QED) is 0.0402. The summed E-state index contributed by atoms with van der Waals surface area (Å²) >= 11 is 0. The first-order chi connectivity index (χ1) is 21.3. The van der Waals surface area contributed by atoms with Crippen LogP contribution in [0.25, 0.3) is 0 Å². The minimum atomic E-state index is -4.73. The molecule has 44 heavy (non-hydrogen) atoms. The molecule has 0 bridgehead atoms. The van der Waals surface area contributed by atoms with Gasteiger partial charge in [0.25, 0.3) is 0 Å². The van der Waals surface area contributed by atoms with Gasteiger partial charge in [-0.1, -0.05) is 168 Å². The Morgan fingerprint density at radius 2 is 0.818 bits per heavy atom. The predicted molar refractivity (Wildman–Crippen MR) is 179 cm³/mol. The molecule has 262 valence electrons. The second-order valence-corrected chi connectivity index (χ2v) is 13.8. The molecular formula is C35H69O8P. The molecule has 2 N–H and O–H groups in total. The summed E-state index contributed by atoms with van der Waals surface area (Å²) in [6.07, 6.45) is 31.2. The van der Waals surface area contributed by atoms with Gasteiger partial charge in [0.1, 0.15) is 6.61 Å². The number of carbonyl (C=O) groups is 2. The van der Waals surface area contributed by atoms with Crippen LogP contribution in [0.3, 0.4) is 0 Å². The monoisotopic (exact) mass is 648 g/mol. The summed E-state index contributed by atoms with van der Waals surface area (Å²) < 4.78 is 26.2. The van der Waals surface area contributed by atoms with Gasteiger partial charge in [0.15, 0.2) is 6.10 Å². The van der Waals surface area contributed by atoms with Crippen molar-refractivity contribution in [3.63, 3.8) is 0 Å². The van der Waals surface area contributed by atoms with Gasteiger partial charge in [-0.25, -0.2) is 4.57 Å². The molecule has 0 rings (SSSR count). The van der Waals surface area contributed by atoms with Gasteiger partial charge in [0, 0.05) is 12.8 Å². The lowest BCUT2D eigenvalue weighted by Crippen LogP contribution is -2.29. The highest BCUT2D eigenvalue weighted by Crippen LogP contribution is 2.36. The standard InChI is InChI=1S/C35H69O8P/c1-3-5-7-9-11-13-14-15-16-17-18-19-20-22-23-25-27-29-34(36)41-31-33(32-42-44(38,39)40)43-35(37)30-28-26-24-21-12-10-8-6-4-2/h33H,3-32H2,1-2H3,(H2,38,39,40)/t33-/m1/s1. The molecule has 0 unspecified atom stereocenters. The van der Waals surface area contributed by atoms with E-state index in [1.54, 1.807) is 0 Å². The Morgan fingerprint density at radius 1 is 0.500 bits per heavy atom. The molecule has 9 heteroatoms. The number of hydrogen-bond acceptors (Lipinski definition) is 6. The van der Waals surface area contributed by atoms with Crippen molar-refractivity contribution in [1.29, 1.82) is 0 Å². The van der Waals surface area contributed by atoms with Crippen molar-refractivity contribution in [2.45, 2.75) is 200 Å². The Labute approximate surface area is 270 Å². The number of hydrogen-bond donors (Lipinski definition) is 2. The fourth-order valence-electron chi connectivity index (χ4n) is 5.37. The Kier molecular flexibility index (Phi) is 31.3. The van der Waals surface area contributed by atoms with Crippen molar-refractivity contribution in [2.75, 3.05) is 13.2 Å². The molecule has 0 saturated carbocycles. The van der Waals surface area contributed by atoms with Crippen molar-refractivity contribution in [2.24, 2.45) is 0 Å². The SMILES string of the molecule is CCCCCCCCCCCCCCCCCCCC(=O)OC[C@H](COP(=O)(O)O)OC(=O)CCCCCCCCCCC. The fraction of sp³-hybridized carbons (Fsp3) is 0.943. The number of unbranched alkanes of at least 4 members (excludes halogenated alkanes) is 24. The third kappa shape index (κ3) is 33.9. The topological polar surface area (TPSA) is 119 Å². The van der Waals surface area contributed by atoms with Gasteiger partial charge in [-0.05, 0) is 12.8 Å². The highest BCUT2D eigenvalue weighted by Gasteiger charge is 2.22. The van der Waals surface area contributed by atoms with E-state index in [0.29, 0.717) is 6.42 Å². The first-order valence-electron chi connectivity index (χ1n) is 18.3. The minimum Gasteiger partial charge on any atom is -0.462 e. The van der Waals surface area contributed by atoms with Crippen molar-refractivity contribution < 1.29 is 37.9 Å². The molecule has 0 fully saturated rings. The largest absolute Gasteiger partial charge is 0.469 e. The summed E-state index contributed by atoms with van der Waals surface area (Å²) in [5, 5.41) is 0. The van der Waals surface area contributed by atoms with Crippen LogP contribution in [-0.4, -0.2) is 41.0 Å². The highest BCUT2D eigenvalue weighted by molar-refractivity contribution is 7.46. The number of rotatable bonds is 34. The molecule has 0 aromatic carbocycles. The first kappa shape index (κ1) is 43.0. The average Bonchev–Trinajstić information content (AvgIpc) is 2.98. The van der Waals surface area contributed by atoms with Gasteiger partial charge < -0.3 is 19.3 Å². The van der Waals surface area contributed by atoms with Crippen LogP contribution in [0.5, 0.6) is 0 Å². The molecule has 0 heterocycles. The minimum absolute atomic E-state index is 0.218. The molecule has 8 nitrogen and oxygen atoms in total. The van der Waals surface area contributed by atoms with Gasteiger partial charge in [-0.2, -0.15) is 0 Å². The van der Waals surface area contributed by atoms with Crippen LogP contribution < -0.4 is 0 Å². The Morgan fingerprint density at radius 3 is 1.16 bits per heavy atom. The second kappa shape index (κ2) is 32.0. The van der Waals surface area contributed by atoms with E-state index in [4.69, 9.17) is 19.3 Å². The normalized spacial score (nSPS) is 12.4. The molecule has 0 spiro atoms. The lowest BCUT2D eigenvalue weighted by Gasteiger charge is -2.18. The van der Waals surface area contributed by atoms with Crippen LogP contribution in [-0.2, 0) is 28.2 Å². The van der Waals surface area contributed by atoms with E-state index in [2.05, 4.69) is 18.4 Å². The lowest BCUT2D eigenvalue weighted by atomic mass is 10.0. The van der Waals surface area contributed by atoms with E-state index < -0.39 is 32.5 Å². The zero-order valence-electron chi connectivity index (χ0n) is 28.6. The van der Waals surface area contributed by atoms with E-state index in [1.165, 1.54) is 122 Å². The Balaban J connectivity index is 3.87. The Bertz CT molecular complexity index is 696. The lowest BCUT2D eigenvalue weighted by molar-refractivity contribution is -0.161. The van der Waals surface area contributed by atoms with Gasteiger partial charge in [-0.3, -0.25) is 14.1 Å². The molecule has 0 aliphatic carbocycles. The maximum absolute atomic E-state index is 12.3. The molecule has 0 radical (unpaired) electrons. The third-order valence-corrected chi connectivity index (χ3v) is 8.61. The maximum Gasteiger partial charge on any atom is 0.469 e. The molecule has 1 atom stereocenters. The van der Waals surface area contributed by atoms with Crippen LogP contribution in [0.4, 0.5) is 0 Å². The van der Waals surface area contributed by atoms with E-state index in [0.717, 1.165) is 38.5 Å². The number of carbonyl (C=O) groups excluding carboxylic acids is 2. The van der Waals surface area contributed by atoms with E-state index >= 15 is 0 Å². The van der Waals surface area contributed by atoms with Crippen molar-refractivity contribution in [3.05, 3.63) is 0 Å². The zero-order chi connectivity index (χ0) is 32.6. The average molecular weight is 649 g/mol. The molecule has 0 aliphatic rings. The second-order valence-electron chi connectivity index (χ2n) is 12.6. The highest BCUT2D eigenvalue weighted by atomic mass is 31.2. The summed E-state index contributed by atoms with van der Waals surface area (Å²) in [6.45, 7) is 3.66. The van der Waals surface area contributed by atoms with Gasteiger partial charge >= 0.3 is 19.8 Å². The summed E-state index contributed by atoms with van der Waals surface area (Å²) in [5.41, 5.74) is 0. The Hall–Kier alpha value is -0.950. The zero-order valence-corrected chi connectivity index (χ0v) is 29.5. The van der Waals surface area contributed by atoms with Crippen LogP contribution in [0.2, 0.25) is 0 Å². The molecular weight excluding hydrogens is 579 g/mol. The summed E-state index contributed by atoms with van der Waals surface area (Å²) in [7, 11) is -4.73. The smallest absolute Gasteiger partial charge is 0.462 e. The number of phosphoric ester groups is 1. The summed E-state index contributed by atoms with van der Waals surface area (Å²) in [6, 6.07) is 0. The van der Waals surface area contributed by atoms with Gasteiger partial charge in [0.05, 0.1) is 6.61 Å².